The van der Waals surface area contributed by atoms with Gasteiger partial charge in [-0.15, -0.1) is 0 Å². The van der Waals surface area contributed by atoms with Crippen LogP contribution < -0.4 is 10.1 Å². The Hall–Kier alpha value is -4.12. The highest BCUT2D eigenvalue weighted by Crippen LogP contribution is 2.25. The Morgan fingerprint density at radius 2 is 1.73 bits per heavy atom. The van der Waals surface area contributed by atoms with Crippen LogP contribution in [-0.2, 0) is 13.1 Å². The van der Waals surface area contributed by atoms with E-state index in [4.69, 9.17) is 9.72 Å². The molecule has 5 rings (SSSR count). The fourth-order valence-corrected chi connectivity index (χ4v) is 4.13. The molecule has 0 atom stereocenters. The summed E-state index contributed by atoms with van der Waals surface area (Å²) in [4.78, 5) is 17.4. The van der Waals surface area contributed by atoms with Gasteiger partial charge in [0.15, 0.2) is 0 Å². The molecule has 0 saturated carbocycles. The normalized spacial score (nSPS) is 11.1. The van der Waals surface area contributed by atoms with E-state index in [2.05, 4.69) is 28.1 Å². The molecule has 0 bridgehead atoms. The van der Waals surface area contributed by atoms with Crippen LogP contribution in [0, 0.1) is 6.92 Å². The van der Waals surface area contributed by atoms with Crippen LogP contribution in [0.3, 0.4) is 0 Å². The molecule has 0 saturated heterocycles. The Balaban J connectivity index is 1.34. The van der Waals surface area contributed by atoms with Gasteiger partial charge in [-0.2, -0.15) is 0 Å². The number of amides is 1. The fourth-order valence-electron chi connectivity index (χ4n) is 4.13. The first-order valence-electron chi connectivity index (χ1n) is 11.1. The van der Waals surface area contributed by atoms with E-state index in [1.165, 1.54) is 0 Å². The molecule has 164 valence electrons. The third-order valence-corrected chi connectivity index (χ3v) is 5.74. The van der Waals surface area contributed by atoms with Gasteiger partial charge in [0, 0.05) is 10.9 Å². The molecule has 5 aromatic rings. The Morgan fingerprint density at radius 1 is 0.939 bits per heavy atom. The minimum atomic E-state index is -0.107. The van der Waals surface area contributed by atoms with Gasteiger partial charge < -0.3 is 14.6 Å². The predicted molar refractivity (Wildman–Crippen MR) is 132 cm³/mol. The van der Waals surface area contributed by atoms with Crippen molar-refractivity contribution in [3.05, 3.63) is 108 Å². The number of benzene rings is 4. The van der Waals surface area contributed by atoms with E-state index in [9.17, 15) is 4.79 Å². The molecule has 5 heteroatoms. The molecule has 0 spiro atoms. The fraction of sp³-hybridized carbons (Fsp3) is 0.143. The highest BCUT2D eigenvalue weighted by atomic mass is 16.5. The maximum absolute atomic E-state index is 12.6. The first-order valence-corrected chi connectivity index (χ1v) is 11.1. The monoisotopic (exact) mass is 435 g/mol. The molecular formula is C28H25N3O2. The first-order chi connectivity index (χ1) is 16.2. The smallest absolute Gasteiger partial charge is 0.251 e. The van der Waals surface area contributed by atoms with Crippen molar-refractivity contribution in [2.24, 2.45) is 0 Å². The van der Waals surface area contributed by atoms with Crippen molar-refractivity contribution in [2.75, 3.05) is 6.61 Å². The van der Waals surface area contributed by atoms with Crippen molar-refractivity contribution in [3.8, 4) is 5.75 Å². The lowest BCUT2D eigenvalue weighted by atomic mass is 10.1. The molecule has 1 heterocycles. The van der Waals surface area contributed by atoms with Gasteiger partial charge in [0.05, 0.1) is 24.1 Å². The summed E-state index contributed by atoms with van der Waals surface area (Å²) < 4.78 is 8.29. The number of aryl methyl sites for hydroxylation is 1. The summed E-state index contributed by atoms with van der Waals surface area (Å²) in [7, 11) is 0. The Kier molecular flexibility index (Phi) is 5.77. The number of carbonyl (C=O) groups is 1. The zero-order valence-electron chi connectivity index (χ0n) is 18.5. The third-order valence-electron chi connectivity index (χ3n) is 5.74. The zero-order chi connectivity index (χ0) is 22.6. The molecule has 1 aromatic heterocycles. The zero-order valence-corrected chi connectivity index (χ0v) is 18.5. The molecular weight excluding hydrogens is 410 g/mol. The SMILES string of the molecule is Cc1cccc(C(=O)NCc2nc3ccccc3n2CCOc2cccc3ccccc23)c1. The molecule has 5 nitrogen and oxygen atoms in total. The average molecular weight is 436 g/mol. The molecule has 0 aliphatic carbocycles. The number of nitrogens with one attached hydrogen (secondary N) is 1. The van der Waals surface area contributed by atoms with E-state index in [1.807, 2.05) is 79.7 Å². The summed E-state index contributed by atoms with van der Waals surface area (Å²) in [6.07, 6.45) is 0. The molecule has 1 N–H and O–H groups in total. The van der Waals surface area contributed by atoms with Crippen molar-refractivity contribution in [1.29, 1.82) is 0 Å². The second-order valence-corrected chi connectivity index (χ2v) is 8.05. The standard InChI is InChI=1S/C28H25N3O2/c1-20-8-6-11-22(18-20)28(32)29-19-27-30-24-13-4-5-14-25(24)31(27)16-17-33-26-15-7-10-21-9-2-3-12-23(21)26/h2-15,18H,16-17,19H2,1H3,(H,29,32). The topological polar surface area (TPSA) is 56.2 Å². The maximum Gasteiger partial charge on any atom is 0.251 e. The lowest BCUT2D eigenvalue weighted by Crippen LogP contribution is -2.25. The van der Waals surface area contributed by atoms with Gasteiger partial charge in [0.25, 0.3) is 5.91 Å². The van der Waals surface area contributed by atoms with E-state index in [-0.39, 0.29) is 5.91 Å². The van der Waals surface area contributed by atoms with Crippen LogP contribution in [0.15, 0.2) is 91.0 Å². The number of nitrogens with zero attached hydrogens (tertiary/aromatic N) is 2. The lowest BCUT2D eigenvalue weighted by Gasteiger charge is -2.13. The Bertz CT molecular complexity index is 1430. The number of rotatable bonds is 7. The summed E-state index contributed by atoms with van der Waals surface area (Å²) in [5.74, 6) is 1.56. The Morgan fingerprint density at radius 3 is 2.64 bits per heavy atom. The number of hydrogen-bond acceptors (Lipinski definition) is 3. The minimum Gasteiger partial charge on any atom is -0.491 e. The number of ether oxygens (including phenoxy) is 1. The second kappa shape index (κ2) is 9.17. The van der Waals surface area contributed by atoms with E-state index in [0.717, 1.165) is 38.9 Å². The van der Waals surface area contributed by atoms with Crippen LogP contribution in [0.1, 0.15) is 21.7 Å². The highest BCUT2D eigenvalue weighted by Gasteiger charge is 2.13. The predicted octanol–water partition coefficient (Wildman–Crippen LogP) is 5.51. The molecule has 33 heavy (non-hydrogen) atoms. The van der Waals surface area contributed by atoms with Crippen molar-refractivity contribution >= 4 is 27.7 Å². The van der Waals surface area contributed by atoms with Crippen molar-refractivity contribution in [2.45, 2.75) is 20.0 Å². The van der Waals surface area contributed by atoms with Crippen LogP contribution in [0.2, 0.25) is 0 Å². The first kappa shape index (κ1) is 20.8. The number of hydrogen-bond donors (Lipinski definition) is 1. The summed E-state index contributed by atoms with van der Waals surface area (Å²) in [6.45, 7) is 3.44. The second-order valence-electron chi connectivity index (χ2n) is 8.05. The third kappa shape index (κ3) is 4.44. The summed E-state index contributed by atoms with van der Waals surface area (Å²) in [6, 6.07) is 29.9. The van der Waals surface area contributed by atoms with Crippen LogP contribution in [0.4, 0.5) is 0 Å². The largest absolute Gasteiger partial charge is 0.491 e. The number of imidazole rings is 1. The number of fused-ring (bicyclic) bond motifs is 2. The summed E-state index contributed by atoms with van der Waals surface area (Å²) >= 11 is 0. The van der Waals surface area contributed by atoms with Crippen LogP contribution in [-0.4, -0.2) is 22.1 Å². The molecule has 0 radical (unpaired) electrons. The summed E-state index contributed by atoms with van der Waals surface area (Å²) in [5, 5.41) is 5.27. The lowest BCUT2D eigenvalue weighted by molar-refractivity contribution is 0.0949. The van der Waals surface area contributed by atoms with Crippen LogP contribution in [0.25, 0.3) is 21.8 Å². The maximum atomic E-state index is 12.6. The quantitative estimate of drug-likeness (QED) is 0.367. The van der Waals surface area contributed by atoms with E-state index in [0.29, 0.717) is 25.3 Å². The van der Waals surface area contributed by atoms with Gasteiger partial charge in [-0.05, 0) is 42.6 Å². The Labute approximate surface area is 192 Å². The van der Waals surface area contributed by atoms with Gasteiger partial charge in [-0.25, -0.2) is 4.98 Å². The van der Waals surface area contributed by atoms with Crippen molar-refractivity contribution in [3.63, 3.8) is 0 Å². The van der Waals surface area contributed by atoms with E-state index in [1.54, 1.807) is 0 Å². The summed E-state index contributed by atoms with van der Waals surface area (Å²) in [5.41, 5.74) is 3.64. The molecule has 0 fully saturated rings. The average Bonchev–Trinajstić information content (AvgIpc) is 3.20. The van der Waals surface area contributed by atoms with Gasteiger partial charge >= 0.3 is 0 Å². The molecule has 1 amide bonds. The molecule has 0 aliphatic rings. The number of para-hydroxylation sites is 2. The van der Waals surface area contributed by atoms with Gasteiger partial charge in [0.1, 0.15) is 18.2 Å². The number of aromatic nitrogens is 2. The van der Waals surface area contributed by atoms with E-state index < -0.39 is 0 Å². The molecule has 0 aliphatic heterocycles. The minimum absolute atomic E-state index is 0.107. The van der Waals surface area contributed by atoms with Gasteiger partial charge in [-0.1, -0.05) is 66.2 Å². The van der Waals surface area contributed by atoms with Crippen LogP contribution >= 0.6 is 0 Å². The van der Waals surface area contributed by atoms with Gasteiger partial charge in [-0.3, -0.25) is 4.79 Å². The van der Waals surface area contributed by atoms with Crippen LogP contribution in [0.5, 0.6) is 5.75 Å². The van der Waals surface area contributed by atoms with Gasteiger partial charge in [0.2, 0.25) is 0 Å². The molecule has 4 aromatic carbocycles. The number of carbonyl (C=O) groups excluding carboxylic acids is 1. The van der Waals surface area contributed by atoms with Crippen molar-refractivity contribution in [1.82, 2.24) is 14.9 Å². The van der Waals surface area contributed by atoms with E-state index >= 15 is 0 Å². The molecule has 0 unspecified atom stereocenters. The van der Waals surface area contributed by atoms with Crippen molar-refractivity contribution < 1.29 is 9.53 Å². The highest BCUT2D eigenvalue weighted by molar-refractivity contribution is 5.94.